The molecule has 0 saturated carbocycles. The summed E-state index contributed by atoms with van der Waals surface area (Å²) in [6, 6.07) is 28.2. The highest BCUT2D eigenvalue weighted by molar-refractivity contribution is 7.16. The largest absolute Gasteiger partial charge is 0.378 e. The maximum atomic E-state index is 2.35. The van der Waals surface area contributed by atoms with Crippen LogP contribution in [0, 0.1) is 0 Å². The Labute approximate surface area is 176 Å². The van der Waals surface area contributed by atoms with Gasteiger partial charge in [0.05, 0.1) is 11.1 Å². The van der Waals surface area contributed by atoms with E-state index in [2.05, 4.69) is 116 Å². The molecule has 0 spiro atoms. The van der Waals surface area contributed by atoms with Gasteiger partial charge in [-0.25, -0.2) is 0 Å². The molecule has 0 saturated heterocycles. The van der Waals surface area contributed by atoms with E-state index in [4.69, 9.17) is 0 Å². The number of thiazole rings is 1. The summed E-state index contributed by atoms with van der Waals surface area (Å²) < 4.78 is 2.35. The molecule has 0 aliphatic heterocycles. The molecule has 1 aliphatic carbocycles. The van der Waals surface area contributed by atoms with Crippen molar-refractivity contribution in [3.8, 4) is 21.8 Å². The molecular formula is C26H23N2S+. The third-order valence-corrected chi connectivity index (χ3v) is 6.83. The molecule has 1 aromatic heterocycles. The third-order valence-electron chi connectivity index (χ3n) is 5.51. The number of rotatable bonds is 3. The second kappa shape index (κ2) is 7.02. The van der Waals surface area contributed by atoms with Crippen LogP contribution in [-0.2, 0) is 7.05 Å². The van der Waals surface area contributed by atoms with Gasteiger partial charge < -0.3 is 4.90 Å². The van der Waals surface area contributed by atoms with Gasteiger partial charge in [-0.2, -0.15) is 4.57 Å². The van der Waals surface area contributed by atoms with Crippen LogP contribution >= 0.6 is 11.3 Å². The predicted octanol–water partition coefficient (Wildman–Crippen LogP) is 5.87. The van der Waals surface area contributed by atoms with E-state index >= 15 is 0 Å². The molecule has 0 unspecified atom stereocenters. The summed E-state index contributed by atoms with van der Waals surface area (Å²) in [5.41, 5.74) is 8.98. The molecule has 0 amide bonds. The first kappa shape index (κ1) is 17.9. The quantitative estimate of drug-likeness (QED) is 0.346. The number of nitrogens with zero attached hydrogens (tertiary/aromatic N) is 2. The van der Waals surface area contributed by atoms with Crippen molar-refractivity contribution < 1.29 is 4.57 Å². The topological polar surface area (TPSA) is 7.12 Å². The Morgan fingerprint density at radius 1 is 0.793 bits per heavy atom. The van der Waals surface area contributed by atoms with E-state index in [-0.39, 0.29) is 0 Å². The second-order valence-corrected chi connectivity index (χ2v) is 8.60. The van der Waals surface area contributed by atoms with Gasteiger partial charge in [0, 0.05) is 25.4 Å². The molecule has 0 N–H and O–H groups in total. The van der Waals surface area contributed by atoms with Crippen LogP contribution in [0.15, 0.2) is 78.9 Å². The van der Waals surface area contributed by atoms with Gasteiger partial charge in [0.25, 0.3) is 5.01 Å². The fourth-order valence-electron chi connectivity index (χ4n) is 4.01. The lowest BCUT2D eigenvalue weighted by atomic mass is 10.0. The predicted molar refractivity (Wildman–Crippen MR) is 124 cm³/mol. The normalized spacial score (nSPS) is 13.4. The van der Waals surface area contributed by atoms with Crippen molar-refractivity contribution in [3.63, 3.8) is 0 Å². The van der Waals surface area contributed by atoms with Gasteiger partial charge in [-0.05, 0) is 47.5 Å². The highest BCUT2D eigenvalue weighted by Gasteiger charge is 2.36. The van der Waals surface area contributed by atoms with E-state index in [0.717, 1.165) is 0 Å². The highest BCUT2D eigenvalue weighted by Crippen LogP contribution is 2.48. The van der Waals surface area contributed by atoms with E-state index < -0.39 is 0 Å². The summed E-state index contributed by atoms with van der Waals surface area (Å²) in [4.78, 5) is 3.48. The maximum absolute atomic E-state index is 2.35. The fraction of sp³-hybridized carbons (Fsp3) is 0.115. The number of benzene rings is 3. The van der Waals surface area contributed by atoms with Crippen molar-refractivity contribution in [1.29, 1.82) is 0 Å². The molecule has 1 heterocycles. The van der Waals surface area contributed by atoms with Crippen molar-refractivity contribution >= 4 is 28.7 Å². The first-order valence-corrected chi connectivity index (χ1v) is 10.6. The average molecular weight is 396 g/mol. The van der Waals surface area contributed by atoms with Crippen LogP contribution in [0.5, 0.6) is 0 Å². The molecule has 3 heteroatoms. The minimum absolute atomic E-state index is 1.22. The van der Waals surface area contributed by atoms with E-state index in [9.17, 15) is 0 Å². The Balaban J connectivity index is 1.68. The number of hydrogen-bond donors (Lipinski definition) is 0. The number of hydrogen-bond acceptors (Lipinski definition) is 2. The first-order chi connectivity index (χ1) is 14.1. The standard InChI is InChI=1S/C26H23N2S/c1-27(2)20-15-13-18(14-16-20)17-23-21-11-7-8-12-22(21)24-25(23)29-26(28(24)3)19-9-5-4-6-10-19/h4-17H,1-3H3/q+1. The lowest BCUT2D eigenvalue weighted by Crippen LogP contribution is -2.30. The molecule has 0 bridgehead atoms. The second-order valence-electron chi connectivity index (χ2n) is 7.60. The minimum Gasteiger partial charge on any atom is -0.378 e. The zero-order valence-corrected chi connectivity index (χ0v) is 17.7. The molecule has 0 radical (unpaired) electrons. The summed E-state index contributed by atoms with van der Waals surface area (Å²) in [7, 11) is 6.33. The SMILES string of the molecule is CN(C)c1ccc(C=C2c3ccccc3-c3c2sc(-c2ccccc2)[n+]3C)cc1. The summed E-state index contributed by atoms with van der Waals surface area (Å²) in [6.07, 6.45) is 2.33. The van der Waals surface area contributed by atoms with Crippen LogP contribution in [0.2, 0.25) is 0 Å². The Kier molecular flexibility index (Phi) is 4.33. The van der Waals surface area contributed by atoms with Gasteiger partial charge >= 0.3 is 0 Å². The van der Waals surface area contributed by atoms with E-state index in [1.54, 1.807) is 0 Å². The van der Waals surface area contributed by atoms with Gasteiger partial charge in [-0.3, -0.25) is 0 Å². The third kappa shape index (κ3) is 2.99. The minimum atomic E-state index is 1.22. The number of aromatic nitrogens is 1. The summed E-state index contributed by atoms with van der Waals surface area (Å²) in [5.74, 6) is 0. The Hall–Kier alpha value is -3.17. The first-order valence-electron chi connectivity index (χ1n) is 9.81. The van der Waals surface area contributed by atoms with Gasteiger partial charge in [0.2, 0.25) is 5.69 Å². The lowest BCUT2D eigenvalue weighted by Gasteiger charge is -2.12. The van der Waals surface area contributed by atoms with Crippen molar-refractivity contribution in [2.24, 2.45) is 7.05 Å². The number of fused-ring (bicyclic) bond motifs is 3. The van der Waals surface area contributed by atoms with Crippen molar-refractivity contribution in [1.82, 2.24) is 0 Å². The lowest BCUT2D eigenvalue weighted by molar-refractivity contribution is -0.644. The molecule has 0 fully saturated rings. The van der Waals surface area contributed by atoms with Crippen molar-refractivity contribution in [3.05, 3.63) is 94.9 Å². The molecule has 142 valence electrons. The molecule has 29 heavy (non-hydrogen) atoms. The molecule has 0 atom stereocenters. The van der Waals surface area contributed by atoms with Crippen LogP contribution in [-0.4, -0.2) is 14.1 Å². The van der Waals surface area contributed by atoms with E-state index in [1.807, 2.05) is 11.3 Å². The monoisotopic (exact) mass is 395 g/mol. The Morgan fingerprint density at radius 2 is 1.45 bits per heavy atom. The highest BCUT2D eigenvalue weighted by atomic mass is 32.1. The Bertz CT molecular complexity index is 1220. The zero-order valence-electron chi connectivity index (χ0n) is 16.9. The van der Waals surface area contributed by atoms with Crippen LogP contribution in [0.3, 0.4) is 0 Å². The van der Waals surface area contributed by atoms with Crippen LogP contribution in [0.4, 0.5) is 5.69 Å². The summed E-state index contributed by atoms with van der Waals surface area (Å²) in [6.45, 7) is 0. The Morgan fingerprint density at radius 3 is 2.14 bits per heavy atom. The maximum Gasteiger partial charge on any atom is 0.269 e. The molecule has 1 aliphatic rings. The smallest absolute Gasteiger partial charge is 0.269 e. The van der Waals surface area contributed by atoms with E-state index in [1.165, 1.54) is 49.1 Å². The van der Waals surface area contributed by atoms with Crippen molar-refractivity contribution in [2.45, 2.75) is 0 Å². The van der Waals surface area contributed by atoms with E-state index in [0.29, 0.717) is 0 Å². The van der Waals surface area contributed by atoms with Gasteiger partial charge in [0.1, 0.15) is 11.9 Å². The molecule has 3 aromatic carbocycles. The molecule has 4 aromatic rings. The van der Waals surface area contributed by atoms with Gasteiger partial charge in [-0.1, -0.05) is 59.9 Å². The molecule has 5 rings (SSSR count). The van der Waals surface area contributed by atoms with Crippen molar-refractivity contribution in [2.75, 3.05) is 19.0 Å². The number of anilines is 1. The van der Waals surface area contributed by atoms with Crippen LogP contribution in [0.25, 0.3) is 33.5 Å². The van der Waals surface area contributed by atoms with Crippen LogP contribution in [0.1, 0.15) is 16.0 Å². The summed E-state index contributed by atoms with van der Waals surface area (Å²) in [5, 5.41) is 1.29. The van der Waals surface area contributed by atoms with Gasteiger partial charge in [0.15, 0.2) is 0 Å². The van der Waals surface area contributed by atoms with Gasteiger partial charge in [-0.15, -0.1) is 0 Å². The molecular weight excluding hydrogens is 372 g/mol. The zero-order chi connectivity index (χ0) is 20.0. The fourth-order valence-corrected chi connectivity index (χ4v) is 5.31. The van der Waals surface area contributed by atoms with Crippen LogP contribution < -0.4 is 9.47 Å². The summed E-state index contributed by atoms with van der Waals surface area (Å²) >= 11 is 1.88. The molecule has 2 nitrogen and oxygen atoms in total. The average Bonchev–Trinajstić information content (AvgIpc) is 3.25.